The molecule has 0 aliphatic carbocycles. The van der Waals surface area contributed by atoms with Crippen LogP contribution in [0.15, 0.2) is 24.3 Å². The minimum Gasteiger partial charge on any atom is -0.496 e. The molecule has 0 aliphatic heterocycles. The number of hydrogen-bond acceptors (Lipinski definition) is 5. The van der Waals surface area contributed by atoms with Gasteiger partial charge in [-0.25, -0.2) is 9.78 Å². The molecular weight excluding hydrogens is 250 g/mol. The summed E-state index contributed by atoms with van der Waals surface area (Å²) < 4.78 is 10.1. The second-order valence-corrected chi connectivity index (χ2v) is 4.81. The van der Waals surface area contributed by atoms with Crippen LogP contribution < -0.4 is 4.74 Å². The van der Waals surface area contributed by atoms with Gasteiger partial charge in [-0.1, -0.05) is 12.1 Å². The van der Waals surface area contributed by atoms with E-state index in [1.54, 1.807) is 7.11 Å². The Balaban J connectivity index is 2.60. The van der Waals surface area contributed by atoms with Crippen LogP contribution in [-0.2, 0) is 4.74 Å². The molecular formula is C13H13NO3S. The molecule has 2 aromatic rings. The van der Waals surface area contributed by atoms with Gasteiger partial charge < -0.3 is 9.47 Å². The zero-order chi connectivity index (χ0) is 13.1. The smallest absolute Gasteiger partial charge is 0.358 e. The number of benzene rings is 1. The van der Waals surface area contributed by atoms with E-state index in [0.29, 0.717) is 11.4 Å². The van der Waals surface area contributed by atoms with Gasteiger partial charge in [0.25, 0.3) is 0 Å². The lowest BCUT2D eigenvalue weighted by Gasteiger charge is -2.07. The summed E-state index contributed by atoms with van der Waals surface area (Å²) in [6, 6.07) is 7.53. The summed E-state index contributed by atoms with van der Waals surface area (Å²) in [5.74, 6) is 0.284. The minimum absolute atomic E-state index is 0.338. The Kier molecular flexibility index (Phi) is 3.62. The van der Waals surface area contributed by atoms with E-state index in [9.17, 15) is 4.79 Å². The van der Waals surface area contributed by atoms with Crippen molar-refractivity contribution in [3.8, 4) is 16.2 Å². The Morgan fingerprint density at radius 1 is 1.28 bits per heavy atom. The second-order valence-electron chi connectivity index (χ2n) is 3.60. The number of carbonyl (C=O) groups is 1. The van der Waals surface area contributed by atoms with Gasteiger partial charge in [-0.15, -0.1) is 11.3 Å². The van der Waals surface area contributed by atoms with E-state index in [-0.39, 0.29) is 0 Å². The Hall–Kier alpha value is -1.88. The van der Waals surface area contributed by atoms with Crippen molar-refractivity contribution in [2.24, 2.45) is 0 Å². The maximum atomic E-state index is 11.7. The van der Waals surface area contributed by atoms with E-state index >= 15 is 0 Å². The standard InChI is InChI=1S/C13H13NO3S/c1-8-14-11(13(15)17-3)12(18-8)9-6-4-5-7-10(9)16-2/h4-7H,1-3H3. The molecule has 0 saturated heterocycles. The van der Waals surface area contributed by atoms with Crippen LogP contribution in [-0.4, -0.2) is 25.2 Å². The highest BCUT2D eigenvalue weighted by Crippen LogP contribution is 2.36. The Bertz CT molecular complexity index is 577. The summed E-state index contributed by atoms with van der Waals surface area (Å²) in [6.07, 6.45) is 0. The van der Waals surface area contributed by atoms with Crippen LogP contribution in [0.5, 0.6) is 5.75 Å². The first-order valence-corrected chi connectivity index (χ1v) is 6.18. The number of nitrogens with zero attached hydrogens (tertiary/aromatic N) is 1. The molecule has 5 heteroatoms. The Morgan fingerprint density at radius 2 is 2.00 bits per heavy atom. The van der Waals surface area contributed by atoms with Gasteiger partial charge in [0.1, 0.15) is 5.75 Å². The molecule has 0 saturated carbocycles. The van der Waals surface area contributed by atoms with E-state index in [1.807, 2.05) is 31.2 Å². The average Bonchev–Trinajstić information content (AvgIpc) is 2.79. The van der Waals surface area contributed by atoms with Gasteiger partial charge in [0, 0.05) is 5.56 Å². The maximum Gasteiger partial charge on any atom is 0.358 e. The van der Waals surface area contributed by atoms with Gasteiger partial charge in [-0.3, -0.25) is 0 Å². The highest BCUT2D eigenvalue weighted by Gasteiger charge is 2.20. The summed E-state index contributed by atoms with van der Waals surface area (Å²) >= 11 is 1.45. The van der Waals surface area contributed by atoms with Crippen molar-refractivity contribution < 1.29 is 14.3 Å². The number of thiazole rings is 1. The predicted octanol–water partition coefficient (Wildman–Crippen LogP) is 2.91. The Labute approximate surface area is 109 Å². The fraction of sp³-hybridized carbons (Fsp3) is 0.231. The minimum atomic E-state index is -0.430. The molecule has 1 aromatic heterocycles. The van der Waals surface area contributed by atoms with Crippen molar-refractivity contribution in [2.75, 3.05) is 14.2 Å². The molecule has 94 valence electrons. The quantitative estimate of drug-likeness (QED) is 0.799. The van der Waals surface area contributed by atoms with Crippen LogP contribution in [0.2, 0.25) is 0 Å². The fourth-order valence-corrected chi connectivity index (χ4v) is 2.61. The van der Waals surface area contributed by atoms with Crippen molar-refractivity contribution in [1.29, 1.82) is 0 Å². The highest BCUT2D eigenvalue weighted by molar-refractivity contribution is 7.15. The van der Waals surface area contributed by atoms with Gasteiger partial charge in [0.15, 0.2) is 5.69 Å². The fourth-order valence-electron chi connectivity index (χ4n) is 1.68. The number of para-hydroxylation sites is 1. The maximum absolute atomic E-state index is 11.7. The normalized spacial score (nSPS) is 10.2. The summed E-state index contributed by atoms with van der Waals surface area (Å²) in [5.41, 5.74) is 1.19. The molecule has 0 aliphatic rings. The van der Waals surface area contributed by atoms with Crippen molar-refractivity contribution in [3.05, 3.63) is 35.0 Å². The molecule has 0 radical (unpaired) electrons. The van der Waals surface area contributed by atoms with Gasteiger partial charge in [0.05, 0.1) is 24.1 Å². The molecule has 0 atom stereocenters. The number of hydrogen-bond donors (Lipinski definition) is 0. The first-order chi connectivity index (χ1) is 8.67. The third kappa shape index (κ3) is 2.22. The summed E-state index contributed by atoms with van der Waals surface area (Å²) in [5, 5.41) is 0.816. The molecule has 2 rings (SSSR count). The van der Waals surface area contributed by atoms with Gasteiger partial charge >= 0.3 is 5.97 Å². The molecule has 4 nitrogen and oxygen atoms in total. The van der Waals surface area contributed by atoms with Crippen LogP contribution in [0.4, 0.5) is 0 Å². The lowest BCUT2D eigenvalue weighted by Crippen LogP contribution is -2.03. The van der Waals surface area contributed by atoms with Crippen molar-refractivity contribution in [2.45, 2.75) is 6.92 Å². The molecule has 0 unspecified atom stereocenters. The number of carbonyl (C=O) groups excluding carboxylic acids is 1. The first-order valence-electron chi connectivity index (χ1n) is 5.36. The second kappa shape index (κ2) is 5.18. The number of aryl methyl sites for hydroxylation is 1. The predicted molar refractivity (Wildman–Crippen MR) is 70.2 cm³/mol. The molecule has 1 heterocycles. The summed E-state index contributed by atoms with van der Waals surface area (Å²) in [6.45, 7) is 1.86. The lowest BCUT2D eigenvalue weighted by molar-refractivity contribution is 0.0595. The van der Waals surface area contributed by atoms with Crippen LogP contribution in [0.1, 0.15) is 15.5 Å². The third-order valence-corrected chi connectivity index (χ3v) is 3.47. The van der Waals surface area contributed by atoms with E-state index in [4.69, 9.17) is 9.47 Å². The van der Waals surface area contributed by atoms with E-state index in [2.05, 4.69) is 4.98 Å². The van der Waals surface area contributed by atoms with Crippen molar-refractivity contribution >= 4 is 17.3 Å². The van der Waals surface area contributed by atoms with Gasteiger partial charge in [0.2, 0.25) is 0 Å². The number of rotatable bonds is 3. The highest BCUT2D eigenvalue weighted by atomic mass is 32.1. The number of esters is 1. The molecule has 18 heavy (non-hydrogen) atoms. The first kappa shape index (κ1) is 12.6. The third-order valence-electron chi connectivity index (χ3n) is 2.46. The van der Waals surface area contributed by atoms with Crippen LogP contribution in [0, 0.1) is 6.92 Å². The monoisotopic (exact) mass is 263 g/mol. The number of methoxy groups -OCH3 is 2. The molecule has 0 amide bonds. The number of aromatic nitrogens is 1. The largest absolute Gasteiger partial charge is 0.496 e. The molecule has 0 bridgehead atoms. The Morgan fingerprint density at radius 3 is 2.67 bits per heavy atom. The van der Waals surface area contributed by atoms with E-state index < -0.39 is 5.97 Å². The molecule has 0 N–H and O–H groups in total. The SMILES string of the molecule is COC(=O)c1nc(C)sc1-c1ccccc1OC. The van der Waals surface area contributed by atoms with Gasteiger partial charge in [-0.2, -0.15) is 0 Å². The molecule has 0 fully saturated rings. The molecule has 1 aromatic carbocycles. The van der Waals surface area contributed by atoms with E-state index in [0.717, 1.165) is 15.4 Å². The van der Waals surface area contributed by atoms with Gasteiger partial charge in [-0.05, 0) is 19.1 Å². The van der Waals surface area contributed by atoms with Crippen LogP contribution in [0.25, 0.3) is 10.4 Å². The molecule has 0 spiro atoms. The van der Waals surface area contributed by atoms with Crippen molar-refractivity contribution in [3.63, 3.8) is 0 Å². The lowest BCUT2D eigenvalue weighted by atomic mass is 10.1. The van der Waals surface area contributed by atoms with E-state index in [1.165, 1.54) is 18.4 Å². The van der Waals surface area contributed by atoms with Crippen LogP contribution in [0.3, 0.4) is 0 Å². The van der Waals surface area contributed by atoms with Crippen molar-refractivity contribution in [1.82, 2.24) is 4.98 Å². The average molecular weight is 263 g/mol. The number of ether oxygens (including phenoxy) is 2. The van der Waals surface area contributed by atoms with Crippen LogP contribution >= 0.6 is 11.3 Å². The summed E-state index contributed by atoms with van der Waals surface area (Å²) in [7, 11) is 2.95. The summed E-state index contributed by atoms with van der Waals surface area (Å²) in [4.78, 5) is 16.7. The zero-order valence-electron chi connectivity index (χ0n) is 10.4. The zero-order valence-corrected chi connectivity index (χ0v) is 11.2. The topological polar surface area (TPSA) is 48.4 Å².